The summed E-state index contributed by atoms with van der Waals surface area (Å²) in [4.78, 5) is 52.6. The van der Waals surface area contributed by atoms with Crippen molar-refractivity contribution in [2.75, 3.05) is 26.2 Å². The monoisotopic (exact) mass is 437 g/mol. The zero-order chi connectivity index (χ0) is 22.7. The second kappa shape index (κ2) is 9.33. The minimum absolute atomic E-state index is 0.0412. The van der Waals surface area contributed by atoms with Crippen molar-refractivity contribution < 1.29 is 19.2 Å². The van der Waals surface area contributed by atoms with Crippen LogP contribution in [0.25, 0.3) is 0 Å². The average Bonchev–Trinajstić information content (AvgIpc) is 3.35. The summed E-state index contributed by atoms with van der Waals surface area (Å²) in [5, 5.41) is 6.94. The van der Waals surface area contributed by atoms with E-state index in [-0.39, 0.29) is 30.2 Å². The van der Waals surface area contributed by atoms with Crippen LogP contribution in [0.3, 0.4) is 0 Å². The van der Waals surface area contributed by atoms with Crippen LogP contribution in [0.15, 0.2) is 36.7 Å². The second-order valence-electron chi connectivity index (χ2n) is 8.35. The van der Waals surface area contributed by atoms with Crippen LogP contribution < -0.4 is 5.32 Å². The highest BCUT2D eigenvalue weighted by molar-refractivity contribution is 6.21. The number of carbonyl (C=O) groups excluding carboxylic acids is 4. The van der Waals surface area contributed by atoms with E-state index in [4.69, 9.17) is 0 Å². The Hall–Kier alpha value is -3.49. The van der Waals surface area contributed by atoms with Gasteiger partial charge in [-0.15, -0.1) is 0 Å². The van der Waals surface area contributed by atoms with Gasteiger partial charge >= 0.3 is 0 Å². The van der Waals surface area contributed by atoms with Gasteiger partial charge in [-0.05, 0) is 37.3 Å². The van der Waals surface area contributed by atoms with E-state index in [1.165, 1.54) is 4.90 Å². The molecule has 0 saturated carbocycles. The number of amides is 4. The number of carbonyl (C=O) groups is 4. The van der Waals surface area contributed by atoms with E-state index in [0.717, 1.165) is 12.8 Å². The Morgan fingerprint density at radius 1 is 1.09 bits per heavy atom. The molecule has 1 N–H and O–H groups in total. The molecule has 9 heteroatoms. The second-order valence-corrected chi connectivity index (χ2v) is 8.35. The Balaban J connectivity index is 1.16. The number of hydrogen-bond donors (Lipinski definition) is 1. The summed E-state index contributed by atoms with van der Waals surface area (Å²) in [6.07, 6.45) is 5.63. The predicted octanol–water partition coefficient (Wildman–Crippen LogP) is 1.46. The third kappa shape index (κ3) is 4.56. The summed E-state index contributed by atoms with van der Waals surface area (Å²) >= 11 is 0. The zero-order valence-corrected chi connectivity index (χ0v) is 18.1. The number of benzene rings is 1. The molecule has 2 aliphatic heterocycles. The zero-order valence-electron chi connectivity index (χ0n) is 18.1. The fourth-order valence-electron chi connectivity index (χ4n) is 4.25. The molecule has 0 spiro atoms. The number of aryl methyl sites for hydroxylation is 1. The maximum Gasteiger partial charge on any atom is 0.261 e. The molecule has 2 aromatic rings. The van der Waals surface area contributed by atoms with Crippen molar-refractivity contribution in [1.29, 1.82) is 0 Å². The van der Waals surface area contributed by atoms with E-state index in [2.05, 4.69) is 10.4 Å². The van der Waals surface area contributed by atoms with Crippen molar-refractivity contribution >= 4 is 23.6 Å². The van der Waals surface area contributed by atoms with Gasteiger partial charge < -0.3 is 10.2 Å². The number of piperidine rings is 1. The maximum atomic E-state index is 12.6. The van der Waals surface area contributed by atoms with Crippen molar-refractivity contribution in [2.24, 2.45) is 13.0 Å². The molecule has 32 heavy (non-hydrogen) atoms. The fourth-order valence-corrected chi connectivity index (χ4v) is 4.25. The number of likely N-dealkylation sites (tertiary alicyclic amines) is 1. The summed E-state index contributed by atoms with van der Waals surface area (Å²) in [5.41, 5.74) is 1.40. The molecule has 4 rings (SSSR count). The number of hydrogen-bond acceptors (Lipinski definition) is 5. The molecule has 1 aromatic carbocycles. The lowest BCUT2D eigenvalue weighted by atomic mass is 9.96. The first-order valence-corrected chi connectivity index (χ1v) is 10.9. The highest BCUT2D eigenvalue weighted by atomic mass is 16.2. The van der Waals surface area contributed by atoms with Crippen molar-refractivity contribution in [2.45, 2.75) is 25.7 Å². The molecule has 168 valence electrons. The molecule has 9 nitrogen and oxygen atoms in total. The van der Waals surface area contributed by atoms with Crippen LogP contribution in [0.2, 0.25) is 0 Å². The number of nitrogens with zero attached hydrogens (tertiary/aromatic N) is 4. The Morgan fingerprint density at radius 2 is 1.75 bits per heavy atom. The van der Waals surface area contributed by atoms with Crippen LogP contribution in [-0.4, -0.2) is 69.4 Å². The molecule has 0 aliphatic carbocycles. The van der Waals surface area contributed by atoms with Crippen molar-refractivity contribution in [1.82, 2.24) is 24.9 Å². The SMILES string of the molecule is Cn1cc(C(=O)NCC2CCN(C(=O)CCCN3C(=O)c4ccccc4C3=O)CC2)cn1. The first-order chi connectivity index (χ1) is 15.4. The first kappa shape index (κ1) is 21.7. The van der Waals surface area contributed by atoms with Gasteiger partial charge in [0.2, 0.25) is 5.91 Å². The number of rotatable bonds is 7. The Labute approximate surface area is 186 Å². The third-order valence-corrected chi connectivity index (χ3v) is 6.14. The normalized spacial score (nSPS) is 16.4. The van der Waals surface area contributed by atoms with E-state index in [9.17, 15) is 19.2 Å². The summed E-state index contributed by atoms with van der Waals surface area (Å²) in [6, 6.07) is 6.80. The minimum atomic E-state index is -0.285. The summed E-state index contributed by atoms with van der Waals surface area (Å²) in [7, 11) is 1.77. The molecule has 4 amide bonds. The predicted molar refractivity (Wildman–Crippen MR) is 116 cm³/mol. The standard InChI is InChI=1S/C23H27N5O4/c1-26-15-17(14-25-26)21(30)24-13-16-8-11-27(12-9-16)20(29)7-4-10-28-22(31)18-5-2-3-6-19(18)23(28)32/h2-3,5-6,14-16H,4,7-13H2,1H3,(H,24,30). The highest BCUT2D eigenvalue weighted by Gasteiger charge is 2.34. The Kier molecular flexibility index (Phi) is 6.34. The molecule has 0 unspecified atom stereocenters. The van der Waals surface area contributed by atoms with Gasteiger partial charge in [0.15, 0.2) is 0 Å². The van der Waals surface area contributed by atoms with E-state index in [1.807, 2.05) is 4.90 Å². The number of aromatic nitrogens is 2. The Bertz CT molecular complexity index is 1000. The molecule has 0 bridgehead atoms. The van der Waals surface area contributed by atoms with Gasteiger partial charge in [-0.2, -0.15) is 5.10 Å². The fraction of sp³-hybridized carbons (Fsp3) is 0.435. The van der Waals surface area contributed by atoms with E-state index < -0.39 is 0 Å². The molecule has 1 fully saturated rings. The molecule has 3 heterocycles. The van der Waals surface area contributed by atoms with Crippen molar-refractivity contribution in [3.05, 3.63) is 53.3 Å². The van der Waals surface area contributed by atoms with Gasteiger partial charge in [0.25, 0.3) is 17.7 Å². The smallest absolute Gasteiger partial charge is 0.261 e. The lowest BCUT2D eigenvalue weighted by Crippen LogP contribution is -2.41. The number of fused-ring (bicyclic) bond motifs is 1. The van der Waals surface area contributed by atoms with Gasteiger partial charge in [0.05, 0.1) is 22.9 Å². The first-order valence-electron chi connectivity index (χ1n) is 10.9. The van der Waals surface area contributed by atoms with Gasteiger partial charge in [-0.3, -0.25) is 28.8 Å². The average molecular weight is 438 g/mol. The van der Waals surface area contributed by atoms with Crippen LogP contribution in [0.1, 0.15) is 56.8 Å². The molecular formula is C23H27N5O4. The summed E-state index contributed by atoms with van der Waals surface area (Å²) < 4.78 is 1.59. The molecule has 0 atom stereocenters. The molecule has 1 aromatic heterocycles. The van der Waals surface area contributed by atoms with Gasteiger partial charge in [0, 0.05) is 45.8 Å². The lowest BCUT2D eigenvalue weighted by Gasteiger charge is -2.32. The van der Waals surface area contributed by atoms with E-state index in [1.54, 1.807) is 48.4 Å². The van der Waals surface area contributed by atoms with E-state index in [0.29, 0.717) is 55.1 Å². The van der Waals surface area contributed by atoms with Crippen LogP contribution in [-0.2, 0) is 11.8 Å². The lowest BCUT2D eigenvalue weighted by molar-refractivity contribution is -0.132. The van der Waals surface area contributed by atoms with Gasteiger partial charge in [0.1, 0.15) is 0 Å². The third-order valence-electron chi connectivity index (χ3n) is 6.14. The molecule has 0 radical (unpaired) electrons. The van der Waals surface area contributed by atoms with E-state index >= 15 is 0 Å². The topological polar surface area (TPSA) is 105 Å². The summed E-state index contributed by atoms with van der Waals surface area (Å²) in [5.74, 6) is -0.332. The van der Waals surface area contributed by atoms with Crippen LogP contribution in [0, 0.1) is 5.92 Å². The van der Waals surface area contributed by atoms with Crippen molar-refractivity contribution in [3.63, 3.8) is 0 Å². The van der Waals surface area contributed by atoms with Crippen molar-refractivity contribution in [3.8, 4) is 0 Å². The highest BCUT2D eigenvalue weighted by Crippen LogP contribution is 2.23. The molecule has 2 aliphatic rings. The molecule has 1 saturated heterocycles. The Morgan fingerprint density at radius 3 is 2.34 bits per heavy atom. The largest absolute Gasteiger partial charge is 0.352 e. The summed E-state index contributed by atoms with van der Waals surface area (Å²) in [6.45, 7) is 2.13. The minimum Gasteiger partial charge on any atom is -0.352 e. The van der Waals surface area contributed by atoms with Gasteiger partial charge in [-0.25, -0.2) is 0 Å². The maximum absolute atomic E-state index is 12.6. The van der Waals surface area contributed by atoms with Crippen LogP contribution >= 0.6 is 0 Å². The quantitative estimate of drug-likeness (QED) is 0.661. The van der Waals surface area contributed by atoms with Gasteiger partial charge in [-0.1, -0.05) is 12.1 Å². The van der Waals surface area contributed by atoms with Crippen LogP contribution in [0.4, 0.5) is 0 Å². The van der Waals surface area contributed by atoms with Crippen LogP contribution in [0.5, 0.6) is 0 Å². The number of imide groups is 1. The molecular weight excluding hydrogens is 410 g/mol. The number of nitrogens with one attached hydrogen (secondary N) is 1.